The number of para-hydroxylation sites is 1. The molecule has 0 aliphatic carbocycles. The Hall–Kier alpha value is -2.45. The molecule has 0 saturated carbocycles. The number of amides is 1. The summed E-state index contributed by atoms with van der Waals surface area (Å²) in [6.07, 6.45) is 3.08. The normalized spacial score (nSPS) is 23.1. The first-order chi connectivity index (χ1) is 16.6. The number of nitrogens with zero attached hydrogens (tertiary/aromatic N) is 2. The van der Waals surface area contributed by atoms with Crippen molar-refractivity contribution in [2.45, 2.75) is 31.4 Å². The van der Waals surface area contributed by atoms with Gasteiger partial charge in [0.15, 0.2) is 11.5 Å². The lowest BCUT2D eigenvalue weighted by molar-refractivity contribution is 0.0464. The summed E-state index contributed by atoms with van der Waals surface area (Å²) < 4.78 is 24.2. The molecule has 2 aromatic carbocycles. The van der Waals surface area contributed by atoms with Crippen molar-refractivity contribution in [2.75, 3.05) is 46.0 Å². The number of hydrogen-bond donors (Lipinski definition) is 0. The Bertz CT molecular complexity index is 967. The number of hydrogen-bond acceptors (Lipinski definition) is 6. The van der Waals surface area contributed by atoms with E-state index in [0.717, 1.165) is 67.2 Å². The summed E-state index contributed by atoms with van der Waals surface area (Å²) in [6.45, 7) is 5.11. The van der Waals surface area contributed by atoms with Crippen molar-refractivity contribution >= 4 is 22.0 Å². The monoisotopic (exact) mass is 530 g/mol. The molecule has 0 radical (unpaired) electrons. The van der Waals surface area contributed by atoms with Crippen LogP contribution in [0, 0.1) is 5.92 Å². The number of benzene rings is 2. The van der Waals surface area contributed by atoms with Crippen molar-refractivity contribution < 1.29 is 23.7 Å². The van der Waals surface area contributed by atoms with Crippen LogP contribution in [0.3, 0.4) is 0 Å². The molecule has 2 fully saturated rings. The van der Waals surface area contributed by atoms with Crippen LogP contribution >= 0.6 is 15.9 Å². The Kier molecular flexibility index (Phi) is 7.45. The number of fused-ring (bicyclic) bond motifs is 1. The van der Waals surface area contributed by atoms with Crippen molar-refractivity contribution in [1.82, 2.24) is 9.80 Å². The average Bonchev–Trinajstić information content (AvgIpc) is 3.22. The highest BCUT2D eigenvalue weighted by Gasteiger charge is 2.34. The van der Waals surface area contributed by atoms with Gasteiger partial charge in [-0.05, 0) is 68.6 Å². The Morgan fingerprint density at radius 2 is 1.82 bits per heavy atom. The van der Waals surface area contributed by atoms with Gasteiger partial charge in [-0.25, -0.2) is 4.79 Å². The van der Waals surface area contributed by atoms with Gasteiger partial charge in [0.25, 0.3) is 0 Å². The molecule has 0 bridgehead atoms. The Morgan fingerprint density at radius 3 is 2.65 bits per heavy atom. The summed E-state index contributed by atoms with van der Waals surface area (Å²) in [5.41, 5.74) is 0. The molecule has 5 rings (SSSR count). The molecule has 3 heterocycles. The molecule has 0 N–H and O–H groups in total. The molecule has 3 aliphatic heterocycles. The minimum Gasteiger partial charge on any atom is -0.491 e. The van der Waals surface area contributed by atoms with E-state index in [-0.39, 0.29) is 18.2 Å². The van der Waals surface area contributed by atoms with Crippen LogP contribution in [-0.4, -0.2) is 74.0 Å². The van der Waals surface area contributed by atoms with E-state index < -0.39 is 0 Å². The number of piperidine rings is 1. The van der Waals surface area contributed by atoms with Gasteiger partial charge in [0.1, 0.15) is 37.7 Å². The molecular weight excluding hydrogens is 500 g/mol. The summed E-state index contributed by atoms with van der Waals surface area (Å²) in [7, 11) is 0. The molecule has 7 nitrogen and oxygen atoms in total. The quantitative estimate of drug-likeness (QED) is 0.497. The number of rotatable bonds is 8. The Labute approximate surface area is 209 Å². The molecule has 0 spiro atoms. The standard InChI is InChI=1S/C26H31BrN2O5/c27-20-6-7-24-25(14-20)34-23(18-32-24)15-28-11-8-19(9-12-28)10-13-29-21(17-33-26(29)30)16-31-22-4-2-1-3-5-22/h1-7,14,19,21,23H,8-13,15-18H2. The lowest BCUT2D eigenvalue weighted by Crippen LogP contribution is -2.44. The molecule has 182 valence electrons. The Balaban J connectivity index is 1.04. The SMILES string of the molecule is O=C1OCC(COc2ccccc2)N1CCC1CCN(CC2COc3ccc(Br)cc3O2)CC1. The minimum atomic E-state index is -0.222. The fraction of sp³-hybridized carbons (Fsp3) is 0.500. The molecule has 2 saturated heterocycles. The highest BCUT2D eigenvalue weighted by Crippen LogP contribution is 2.34. The van der Waals surface area contributed by atoms with Crippen molar-refractivity contribution in [3.8, 4) is 17.2 Å². The van der Waals surface area contributed by atoms with E-state index >= 15 is 0 Å². The zero-order chi connectivity index (χ0) is 23.3. The zero-order valence-corrected chi connectivity index (χ0v) is 20.8. The minimum absolute atomic E-state index is 0.0286. The highest BCUT2D eigenvalue weighted by atomic mass is 79.9. The van der Waals surface area contributed by atoms with E-state index in [2.05, 4.69) is 20.8 Å². The lowest BCUT2D eigenvalue weighted by atomic mass is 9.93. The molecule has 8 heteroatoms. The van der Waals surface area contributed by atoms with Crippen molar-refractivity contribution in [2.24, 2.45) is 5.92 Å². The number of halogens is 1. The second kappa shape index (κ2) is 10.9. The fourth-order valence-electron chi connectivity index (χ4n) is 4.86. The zero-order valence-electron chi connectivity index (χ0n) is 19.2. The number of likely N-dealkylation sites (tertiary alicyclic amines) is 1. The molecule has 1 amide bonds. The van der Waals surface area contributed by atoms with Crippen molar-refractivity contribution in [3.05, 3.63) is 53.0 Å². The first-order valence-corrected chi connectivity index (χ1v) is 12.9. The average molecular weight is 531 g/mol. The number of carbonyl (C=O) groups excluding carboxylic acids is 1. The van der Waals surface area contributed by atoms with Crippen LogP contribution in [0.25, 0.3) is 0 Å². The van der Waals surface area contributed by atoms with Crippen LogP contribution in [0.2, 0.25) is 0 Å². The maximum Gasteiger partial charge on any atom is 0.410 e. The van der Waals surface area contributed by atoms with Crippen molar-refractivity contribution in [1.29, 1.82) is 0 Å². The first kappa shape index (κ1) is 23.3. The van der Waals surface area contributed by atoms with Crippen molar-refractivity contribution in [3.63, 3.8) is 0 Å². The number of ether oxygens (including phenoxy) is 4. The van der Waals surface area contributed by atoms with Gasteiger partial charge < -0.3 is 18.9 Å². The third-order valence-electron chi connectivity index (χ3n) is 6.83. The van der Waals surface area contributed by atoms with E-state index in [1.807, 2.05) is 53.4 Å². The number of cyclic esters (lactones) is 1. The third kappa shape index (κ3) is 5.78. The van der Waals surface area contributed by atoms with Crippen LogP contribution in [-0.2, 0) is 4.74 Å². The molecule has 0 aromatic heterocycles. The second-order valence-corrected chi connectivity index (χ2v) is 10.1. The molecule has 2 atom stereocenters. The summed E-state index contributed by atoms with van der Waals surface area (Å²) in [5, 5.41) is 0. The van der Waals surface area contributed by atoms with Crippen LogP contribution < -0.4 is 14.2 Å². The highest BCUT2D eigenvalue weighted by molar-refractivity contribution is 9.10. The van der Waals surface area contributed by atoms with Gasteiger partial charge in [-0.2, -0.15) is 0 Å². The van der Waals surface area contributed by atoms with Gasteiger partial charge in [-0.15, -0.1) is 0 Å². The van der Waals surface area contributed by atoms with Crippen LogP contribution in [0.4, 0.5) is 4.79 Å². The van der Waals surface area contributed by atoms with Gasteiger partial charge in [0, 0.05) is 17.6 Å². The van der Waals surface area contributed by atoms with E-state index in [4.69, 9.17) is 18.9 Å². The summed E-state index contributed by atoms with van der Waals surface area (Å²) in [5.74, 6) is 3.05. The largest absolute Gasteiger partial charge is 0.491 e. The topological polar surface area (TPSA) is 60.5 Å². The summed E-state index contributed by atoms with van der Waals surface area (Å²) in [4.78, 5) is 16.6. The van der Waals surface area contributed by atoms with Crippen LogP contribution in [0.5, 0.6) is 17.2 Å². The van der Waals surface area contributed by atoms with Gasteiger partial charge in [-0.1, -0.05) is 34.1 Å². The van der Waals surface area contributed by atoms with E-state index in [0.29, 0.717) is 25.7 Å². The van der Waals surface area contributed by atoms with Crippen LogP contribution in [0.15, 0.2) is 53.0 Å². The smallest absolute Gasteiger partial charge is 0.410 e. The van der Waals surface area contributed by atoms with Gasteiger partial charge in [0.2, 0.25) is 0 Å². The van der Waals surface area contributed by atoms with E-state index in [1.54, 1.807) is 0 Å². The molecule has 2 unspecified atom stereocenters. The summed E-state index contributed by atoms with van der Waals surface area (Å²) in [6, 6.07) is 15.6. The predicted octanol–water partition coefficient (Wildman–Crippen LogP) is 4.59. The molecular formula is C26H31BrN2O5. The second-order valence-electron chi connectivity index (χ2n) is 9.22. The number of carbonyl (C=O) groups is 1. The van der Waals surface area contributed by atoms with Crippen LogP contribution in [0.1, 0.15) is 19.3 Å². The van der Waals surface area contributed by atoms with E-state index in [1.165, 1.54) is 0 Å². The van der Waals surface area contributed by atoms with Gasteiger partial charge >= 0.3 is 6.09 Å². The van der Waals surface area contributed by atoms with Gasteiger partial charge in [-0.3, -0.25) is 9.80 Å². The third-order valence-corrected chi connectivity index (χ3v) is 7.32. The van der Waals surface area contributed by atoms with E-state index in [9.17, 15) is 4.79 Å². The maximum atomic E-state index is 12.3. The predicted molar refractivity (Wildman–Crippen MR) is 132 cm³/mol. The maximum absolute atomic E-state index is 12.3. The molecule has 3 aliphatic rings. The molecule has 34 heavy (non-hydrogen) atoms. The fourth-order valence-corrected chi connectivity index (χ4v) is 5.20. The summed E-state index contributed by atoms with van der Waals surface area (Å²) >= 11 is 3.50. The molecule has 2 aromatic rings. The lowest BCUT2D eigenvalue weighted by Gasteiger charge is -2.36. The van der Waals surface area contributed by atoms with Gasteiger partial charge in [0.05, 0.1) is 0 Å². The Morgan fingerprint density at radius 1 is 1.00 bits per heavy atom. The first-order valence-electron chi connectivity index (χ1n) is 12.1.